The van der Waals surface area contributed by atoms with Crippen LogP contribution in [0.1, 0.15) is 26.2 Å². The zero-order chi connectivity index (χ0) is 15.3. The van der Waals surface area contributed by atoms with Gasteiger partial charge in [0.05, 0.1) is 6.42 Å². The van der Waals surface area contributed by atoms with Crippen molar-refractivity contribution in [2.24, 2.45) is 17.6 Å². The van der Waals surface area contributed by atoms with E-state index in [0.29, 0.717) is 5.92 Å². The first-order valence-corrected chi connectivity index (χ1v) is 6.39. The Balaban J connectivity index is 2.25. The third-order valence-corrected chi connectivity index (χ3v) is 3.14. The van der Waals surface area contributed by atoms with Crippen molar-refractivity contribution in [1.29, 1.82) is 0 Å². The molecule has 3 amide bonds. The molecule has 20 heavy (non-hydrogen) atoms. The summed E-state index contributed by atoms with van der Waals surface area (Å²) in [6, 6.07) is -1.33. The molecule has 3 atom stereocenters. The van der Waals surface area contributed by atoms with Crippen LogP contribution in [0.4, 0.5) is 0 Å². The van der Waals surface area contributed by atoms with Gasteiger partial charge in [-0.1, -0.05) is 6.92 Å². The van der Waals surface area contributed by atoms with Gasteiger partial charge in [0.2, 0.25) is 17.7 Å². The number of hydrogen-bond acceptors (Lipinski definition) is 4. The number of nitrogens with one attached hydrogen (secondary N) is 2. The SMILES string of the molecule is CC1CC1C(=O)NCCC(=O)N[C@@H](CC(N)=O)C(=O)O. The van der Waals surface area contributed by atoms with Crippen LogP contribution in [-0.2, 0) is 19.2 Å². The molecule has 0 spiro atoms. The van der Waals surface area contributed by atoms with Gasteiger partial charge in [-0.15, -0.1) is 0 Å². The lowest BCUT2D eigenvalue weighted by Crippen LogP contribution is -2.44. The predicted octanol–water partition coefficient (Wildman–Crippen LogP) is -1.41. The standard InChI is InChI=1S/C12H19N3O5/c1-6-4-7(6)11(18)14-3-2-10(17)15-8(12(19)20)5-9(13)16/h6-8H,2-5H2,1H3,(H2,13,16)(H,14,18)(H,15,17)(H,19,20)/t6?,7?,8-/m0/s1. The lowest BCUT2D eigenvalue weighted by atomic mass is 10.2. The molecule has 0 aromatic rings. The van der Waals surface area contributed by atoms with Crippen LogP contribution in [0.2, 0.25) is 0 Å². The van der Waals surface area contributed by atoms with Crippen molar-refractivity contribution in [2.75, 3.05) is 6.54 Å². The van der Waals surface area contributed by atoms with E-state index in [4.69, 9.17) is 10.8 Å². The summed E-state index contributed by atoms with van der Waals surface area (Å²) in [5, 5.41) is 13.6. The Bertz CT molecular complexity index is 423. The van der Waals surface area contributed by atoms with Crippen molar-refractivity contribution in [3.63, 3.8) is 0 Å². The number of carbonyl (C=O) groups excluding carboxylic acids is 3. The van der Waals surface area contributed by atoms with Gasteiger partial charge in [-0.2, -0.15) is 0 Å². The fourth-order valence-corrected chi connectivity index (χ4v) is 1.79. The highest BCUT2D eigenvalue weighted by Gasteiger charge is 2.38. The molecular formula is C12H19N3O5. The summed E-state index contributed by atoms with van der Waals surface area (Å²) in [5.74, 6) is -2.36. The fraction of sp³-hybridized carbons (Fsp3) is 0.667. The van der Waals surface area contributed by atoms with Crippen LogP contribution in [0.3, 0.4) is 0 Å². The highest BCUT2D eigenvalue weighted by Crippen LogP contribution is 2.37. The third-order valence-electron chi connectivity index (χ3n) is 3.14. The summed E-state index contributed by atoms with van der Waals surface area (Å²) in [6.07, 6.45) is 0.347. The van der Waals surface area contributed by atoms with Gasteiger partial charge in [-0.3, -0.25) is 14.4 Å². The molecule has 0 radical (unpaired) electrons. The Kier molecular flexibility index (Phi) is 5.48. The zero-order valence-electron chi connectivity index (χ0n) is 11.2. The lowest BCUT2D eigenvalue weighted by Gasteiger charge is -2.12. The molecule has 0 aromatic carbocycles. The van der Waals surface area contributed by atoms with Crippen molar-refractivity contribution in [3.8, 4) is 0 Å². The molecule has 8 heteroatoms. The van der Waals surface area contributed by atoms with Crippen LogP contribution in [0.25, 0.3) is 0 Å². The molecule has 8 nitrogen and oxygen atoms in total. The van der Waals surface area contributed by atoms with Crippen LogP contribution in [0.5, 0.6) is 0 Å². The van der Waals surface area contributed by atoms with E-state index in [1.165, 1.54) is 0 Å². The second-order valence-electron chi connectivity index (χ2n) is 4.99. The Morgan fingerprint density at radius 2 is 1.95 bits per heavy atom. The molecule has 2 unspecified atom stereocenters. The molecule has 0 heterocycles. The van der Waals surface area contributed by atoms with Gasteiger partial charge >= 0.3 is 5.97 Å². The number of primary amides is 1. The Morgan fingerprint density at radius 3 is 2.40 bits per heavy atom. The maximum absolute atomic E-state index is 11.5. The van der Waals surface area contributed by atoms with Gasteiger partial charge in [-0.05, 0) is 12.3 Å². The maximum Gasteiger partial charge on any atom is 0.326 e. The normalized spacial score (nSPS) is 21.6. The second-order valence-corrected chi connectivity index (χ2v) is 4.99. The number of nitrogens with two attached hydrogens (primary N) is 1. The summed E-state index contributed by atoms with van der Waals surface area (Å²) in [7, 11) is 0. The van der Waals surface area contributed by atoms with E-state index in [0.717, 1.165) is 6.42 Å². The predicted molar refractivity (Wildman–Crippen MR) is 68.3 cm³/mol. The monoisotopic (exact) mass is 285 g/mol. The van der Waals surface area contributed by atoms with Crippen LogP contribution in [0.15, 0.2) is 0 Å². The molecule has 0 aliphatic heterocycles. The van der Waals surface area contributed by atoms with Crippen LogP contribution >= 0.6 is 0 Å². The van der Waals surface area contributed by atoms with E-state index >= 15 is 0 Å². The van der Waals surface area contributed by atoms with Crippen molar-refractivity contribution in [3.05, 3.63) is 0 Å². The van der Waals surface area contributed by atoms with E-state index in [2.05, 4.69) is 10.6 Å². The molecule has 0 bridgehead atoms. The van der Waals surface area contributed by atoms with Gasteiger partial charge in [0.15, 0.2) is 0 Å². The first-order chi connectivity index (χ1) is 9.31. The highest BCUT2D eigenvalue weighted by atomic mass is 16.4. The average Bonchev–Trinajstić information content (AvgIpc) is 3.04. The van der Waals surface area contributed by atoms with Gasteiger partial charge in [0.25, 0.3) is 0 Å². The second kappa shape index (κ2) is 6.88. The fourth-order valence-electron chi connectivity index (χ4n) is 1.79. The summed E-state index contributed by atoms with van der Waals surface area (Å²) >= 11 is 0. The van der Waals surface area contributed by atoms with E-state index in [1.54, 1.807) is 0 Å². The Hall–Kier alpha value is -2.12. The minimum Gasteiger partial charge on any atom is -0.480 e. The Morgan fingerprint density at radius 1 is 1.35 bits per heavy atom. The summed E-state index contributed by atoms with van der Waals surface area (Å²) in [5.41, 5.74) is 4.89. The topological polar surface area (TPSA) is 139 Å². The van der Waals surface area contributed by atoms with Crippen molar-refractivity contribution >= 4 is 23.7 Å². The molecular weight excluding hydrogens is 266 g/mol. The molecule has 1 aliphatic carbocycles. The van der Waals surface area contributed by atoms with E-state index in [1.807, 2.05) is 6.92 Å². The number of amides is 3. The minimum absolute atomic E-state index is 0.0275. The van der Waals surface area contributed by atoms with Crippen LogP contribution in [-0.4, -0.2) is 41.4 Å². The first-order valence-electron chi connectivity index (χ1n) is 6.39. The van der Waals surface area contributed by atoms with E-state index < -0.39 is 30.2 Å². The molecule has 1 saturated carbocycles. The lowest BCUT2D eigenvalue weighted by molar-refractivity contribution is -0.143. The smallest absolute Gasteiger partial charge is 0.326 e. The summed E-state index contributed by atoms with van der Waals surface area (Å²) in [4.78, 5) is 44.4. The first kappa shape index (κ1) is 15.9. The quantitative estimate of drug-likeness (QED) is 0.434. The maximum atomic E-state index is 11.5. The van der Waals surface area contributed by atoms with Gasteiger partial charge in [-0.25, -0.2) is 4.79 Å². The summed E-state index contributed by atoms with van der Waals surface area (Å²) in [6.45, 7) is 2.11. The van der Waals surface area contributed by atoms with Crippen molar-refractivity contribution in [2.45, 2.75) is 32.2 Å². The number of carbonyl (C=O) groups is 4. The molecule has 1 aliphatic rings. The van der Waals surface area contributed by atoms with Crippen LogP contribution < -0.4 is 16.4 Å². The highest BCUT2D eigenvalue weighted by molar-refractivity contribution is 5.88. The summed E-state index contributed by atoms with van der Waals surface area (Å²) < 4.78 is 0. The van der Waals surface area contributed by atoms with E-state index in [-0.39, 0.29) is 24.8 Å². The van der Waals surface area contributed by atoms with Gasteiger partial charge in [0, 0.05) is 18.9 Å². The van der Waals surface area contributed by atoms with Crippen molar-refractivity contribution < 1.29 is 24.3 Å². The largest absolute Gasteiger partial charge is 0.480 e. The molecule has 5 N–H and O–H groups in total. The molecule has 0 saturated heterocycles. The van der Waals surface area contributed by atoms with E-state index in [9.17, 15) is 19.2 Å². The van der Waals surface area contributed by atoms with Crippen molar-refractivity contribution in [1.82, 2.24) is 10.6 Å². The molecule has 1 rings (SSSR count). The third kappa shape index (κ3) is 5.25. The molecule has 1 fully saturated rings. The number of carboxylic acid groups (broad SMARTS) is 1. The number of aliphatic carboxylic acids is 1. The van der Waals surface area contributed by atoms with Gasteiger partial charge < -0.3 is 21.5 Å². The van der Waals surface area contributed by atoms with Gasteiger partial charge in [0.1, 0.15) is 6.04 Å². The minimum atomic E-state index is -1.33. The number of hydrogen-bond donors (Lipinski definition) is 4. The zero-order valence-corrected chi connectivity index (χ0v) is 11.2. The van der Waals surface area contributed by atoms with Crippen LogP contribution in [0, 0.1) is 11.8 Å². The number of rotatable bonds is 8. The molecule has 112 valence electrons. The molecule has 0 aromatic heterocycles. The average molecular weight is 285 g/mol. The number of carboxylic acids is 1. The Labute approximate surface area is 116 Å².